The quantitative estimate of drug-likeness (QED) is 0.0153. The van der Waals surface area contributed by atoms with Gasteiger partial charge in [0.2, 0.25) is 12.2 Å². The van der Waals surface area contributed by atoms with Crippen molar-refractivity contribution in [2.75, 3.05) is 96.1 Å². The number of esters is 6. The first kappa shape index (κ1) is 112. The van der Waals surface area contributed by atoms with E-state index in [-0.39, 0.29) is 151 Å². The maximum atomic E-state index is 12.0. The number of benzene rings is 5. The zero-order valence-electron chi connectivity index (χ0n) is 65.5. The molecule has 0 aliphatic carbocycles. The van der Waals surface area contributed by atoms with Crippen LogP contribution in [0.1, 0.15) is 135 Å². The molecule has 0 spiro atoms. The Balaban J connectivity index is 0.000000508. The number of anilines is 3. The van der Waals surface area contributed by atoms with Gasteiger partial charge in [-0.2, -0.15) is 15.0 Å². The Morgan fingerprint density at radius 1 is 0.425 bits per heavy atom. The predicted molar refractivity (Wildman–Crippen MR) is 469 cm³/mol. The van der Waals surface area contributed by atoms with E-state index in [0.717, 1.165) is 0 Å². The van der Waals surface area contributed by atoms with Crippen LogP contribution in [0.3, 0.4) is 0 Å². The van der Waals surface area contributed by atoms with Crippen LogP contribution in [0, 0.1) is 0 Å². The van der Waals surface area contributed by atoms with E-state index in [1.54, 1.807) is 133 Å². The van der Waals surface area contributed by atoms with Crippen molar-refractivity contribution in [3.8, 4) is 0 Å². The zero-order chi connectivity index (χ0) is 88.3. The Bertz CT molecular complexity index is 4860. The molecule has 3 aromatic heterocycles. The molecule has 5 aromatic carbocycles. The summed E-state index contributed by atoms with van der Waals surface area (Å²) in [6, 6.07) is 47.4. The third-order valence-electron chi connectivity index (χ3n) is 15.9. The van der Waals surface area contributed by atoms with Crippen molar-refractivity contribution in [1.82, 2.24) is 28.7 Å². The number of epoxide rings is 1. The zero-order valence-corrected chi connectivity index (χ0v) is 71.3. The second kappa shape index (κ2) is 60.8. The van der Waals surface area contributed by atoms with Crippen LogP contribution in [0.5, 0.6) is 0 Å². The Hall–Kier alpha value is -10.8. The molecule has 691 valence electrons. The van der Waals surface area contributed by atoms with Crippen LogP contribution < -0.4 is 33.9 Å². The van der Waals surface area contributed by atoms with Gasteiger partial charge in [-0.3, -0.25) is 37.7 Å². The second-order valence-electron chi connectivity index (χ2n) is 24.9. The average molecular weight is 2040 g/mol. The van der Waals surface area contributed by atoms with E-state index in [4.69, 9.17) is 87.6 Å². The third kappa shape index (κ3) is 40.8. The molecular formula is C84H105I2N9O31V. The second-order valence-corrected chi connectivity index (χ2v) is 36.7. The van der Waals surface area contributed by atoms with Gasteiger partial charge >= 0.3 is 102 Å². The normalized spacial score (nSPS) is 19.5. The van der Waals surface area contributed by atoms with Crippen molar-refractivity contribution in [1.29, 1.82) is 0 Å². The number of hydrogen-bond acceptors (Lipinski definition) is 36. The summed E-state index contributed by atoms with van der Waals surface area (Å²) in [5.41, 5.74) is 11.4. The van der Waals surface area contributed by atoms with Gasteiger partial charge in [0.1, 0.15) is 69.3 Å². The molecular weight excluding hydrogens is 1940 g/mol. The number of rotatable bonds is 23. The van der Waals surface area contributed by atoms with Gasteiger partial charge in [-0.1, -0.05) is 128 Å². The van der Waals surface area contributed by atoms with E-state index in [1.807, 2.05) is 18.2 Å². The average Bonchev–Trinajstić information content (AvgIpc) is 1.77. The molecule has 6 fully saturated rings. The maximum absolute atomic E-state index is 12.0. The number of halogens is 2. The van der Waals surface area contributed by atoms with Gasteiger partial charge in [0.15, 0.2) is 68.0 Å². The van der Waals surface area contributed by atoms with Gasteiger partial charge in [0, 0.05) is 32.4 Å². The molecule has 127 heavy (non-hydrogen) atoms. The first-order valence-electron chi connectivity index (χ1n) is 36.5. The summed E-state index contributed by atoms with van der Waals surface area (Å²) in [4.78, 5) is 157. The van der Waals surface area contributed by atoms with Crippen LogP contribution in [0.25, 0.3) is 0 Å². The first-order valence-corrected chi connectivity index (χ1v) is 45.5. The van der Waals surface area contributed by atoms with Gasteiger partial charge in [-0.15, -0.1) is 0 Å². The van der Waals surface area contributed by atoms with Crippen molar-refractivity contribution < 1.29 is 143 Å². The molecule has 0 bridgehead atoms. The number of nitrogens with one attached hydrogen (secondary N) is 1. The van der Waals surface area contributed by atoms with Gasteiger partial charge in [-0.05, 0) is 92.7 Å². The molecule has 1 amide bonds. The number of ether oxygens (including phenoxy) is 17. The predicted octanol–water partition coefficient (Wildman–Crippen LogP) is 8.42. The minimum atomic E-state index is -0.783. The molecule has 40 nitrogen and oxygen atoms in total. The van der Waals surface area contributed by atoms with E-state index in [0.29, 0.717) is 50.2 Å². The number of amides is 1. The molecule has 11 atom stereocenters. The molecule has 8 aromatic rings. The summed E-state index contributed by atoms with van der Waals surface area (Å²) in [6.07, 6.45) is -1.81. The van der Waals surface area contributed by atoms with Crippen molar-refractivity contribution >= 4 is 117 Å². The molecule has 0 radical (unpaired) electrons. The number of hydrogen-bond donors (Lipinski definition) is 4. The number of carbonyl (C=O) groups is 10. The number of aldehydes is 1. The summed E-state index contributed by atoms with van der Waals surface area (Å²) in [6.45, 7) is 6.37. The summed E-state index contributed by atoms with van der Waals surface area (Å²) >= 11 is 4.74. The summed E-state index contributed by atoms with van der Waals surface area (Å²) in [5.74, 6) is -2.57. The summed E-state index contributed by atoms with van der Waals surface area (Å²) in [7, 11) is 0.628. The monoisotopic (exact) mass is 2040 g/mol. The van der Waals surface area contributed by atoms with Crippen LogP contribution in [-0.2, 0) is 114 Å². The fourth-order valence-corrected chi connectivity index (χ4v) is 9.99. The topological polar surface area (TPSA) is 520 Å². The number of aromatic nitrogens is 6. The van der Waals surface area contributed by atoms with Gasteiger partial charge in [0.05, 0.1) is 67.5 Å². The molecule has 6 N–H and O–H groups in total. The van der Waals surface area contributed by atoms with E-state index >= 15 is 0 Å². The van der Waals surface area contributed by atoms with Crippen molar-refractivity contribution in [3.05, 3.63) is 248 Å². The number of aliphatic hydroxyl groups is 1. The molecule has 6 saturated heterocycles. The Morgan fingerprint density at radius 3 is 1.02 bits per heavy atom. The SMILES string of the molecule is C.C.C.C.C.CC(=O)C1CO1.CC(=O)C1COC(COC(=O)c2ccccc2)O1.CC(=O)Nc1ccn(C2COC(COC(=O)c3ccccc3)O2)c(=O)n1.CC(=O)OC1COC(COC(=O)c2ccccc2)O1.Nc1ccn(C2COC(CO)O2)c(=O)n1.Nc1ccn(C2COC(COC(=O)c3ccccc3)O2)c(=O)n1.O=CCOC(=O)c1ccccc1.[I][V][I]. The number of ketones is 2. The van der Waals surface area contributed by atoms with E-state index in [2.05, 4.69) is 69.7 Å². The number of Topliss-reactive ketones (excluding diaryl/α,β-unsaturated/α-hetero) is 2. The summed E-state index contributed by atoms with van der Waals surface area (Å²) in [5, 5.41) is 11.2. The minimum absolute atomic E-state index is 0. The fraction of sp³-hybridized carbons (Fsp3) is 0.381. The van der Waals surface area contributed by atoms with Crippen molar-refractivity contribution in [2.24, 2.45) is 0 Å². The van der Waals surface area contributed by atoms with Crippen LogP contribution in [-0.4, -0.2) is 223 Å². The van der Waals surface area contributed by atoms with E-state index < -0.39 is 115 Å². The van der Waals surface area contributed by atoms with Crippen molar-refractivity contribution in [2.45, 2.75) is 133 Å². The van der Waals surface area contributed by atoms with Crippen molar-refractivity contribution in [3.63, 3.8) is 0 Å². The third-order valence-corrected chi connectivity index (χ3v) is 15.9. The molecule has 6 aliphatic heterocycles. The van der Waals surface area contributed by atoms with E-state index in [9.17, 15) is 62.3 Å². The van der Waals surface area contributed by atoms with Gasteiger partial charge in [-0.25, -0.2) is 38.4 Å². The molecule has 6 aliphatic rings. The first-order chi connectivity index (χ1) is 58.7. The van der Waals surface area contributed by atoms with Gasteiger partial charge in [0.25, 0.3) is 0 Å². The van der Waals surface area contributed by atoms with E-state index in [1.165, 1.54) is 78.2 Å². The standard InChI is InChI=1S/C17H17N3O6.C15H15N3O5.C13H14O6.C13H14O5.C9H8O3.C8H11N3O4.C4H6O2.5CH4.2HI.V/c1-11(21)18-13-7-8-20(17(23)19-13)14-9-24-15(26-14)10-25-16(22)12-5-3-2-4-6-12;16-11-6-7-18(15(20)17-11)12-8-21-13(23-12)9-22-14(19)10-4-2-1-3-5-10;1-9(14)18-12-8-16-11(19-12)7-17-13(15)10-5-3-2-4-6-10;1-9(14)11-7-16-12(18-11)8-17-13(15)10-5-3-2-4-6-10;10-6-7-12-9(11)8-4-2-1-3-5-8;9-5-1-2-11(8(13)10-5)6-4-14-7(3-12)15-6;1-3(5)4-2-6-4;;;;;;;;/h2-8,14-15H,9-10H2,1H3,(H,18,19,21,23);1-7,12-13H,8-9H2,(H2,16,17,20);2-6,11-12H,7-8H2,1H3;2-6,11-12H,7-8H2,1H3;1-6H,7H2;1-2,6-7,12H,3-4H2,(H2,9,10,13);4H,2H2,1H3;5*1H4;2*1H;/q;;;;;;;;;;;;;;+2/p-2. The number of nitrogens with two attached hydrogens (primary N) is 2. The number of carbonyl (C=O) groups excluding carboxylic acids is 10. The molecule has 14 rings (SSSR count). The molecule has 43 heteroatoms. The van der Waals surface area contributed by atoms with Crippen LogP contribution in [0.15, 0.2) is 203 Å². The van der Waals surface area contributed by atoms with Crippen LogP contribution in [0.2, 0.25) is 0 Å². The fourth-order valence-electron chi connectivity index (χ4n) is 9.99. The molecule has 9 heterocycles. The Labute approximate surface area is 760 Å². The number of nitrogen functional groups attached to an aromatic ring is 2. The van der Waals surface area contributed by atoms with Gasteiger partial charge < -0.3 is 102 Å². The Kier molecular flexibility index (Phi) is 53.7. The van der Waals surface area contributed by atoms with Crippen LogP contribution >= 0.6 is 40.0 Å². The molecule has 11 unspecified atom stereocenters. The summed E-state index contributed by atoms with van der Waals surface area (Å²) < 4.78 is 91.2. The van der Waals surface area contributed by atoms with Crippen LogP contribution in [0.4, 0.5) is 17.5 Å². The molecule has 0 saturated carbocycles. The number of nitrogens with zero attached hydrogens (tertiary/aromatic N) is 6. The number of aliphatic hydroxyl groups excluding tert-OH is 1. The Morgan fingerprint density at radius 2 is 0.724 bits per heavy atom.